The SMILES string of the molecule is CC(C)(C)OCCOCCCC(=O)C(C)(C)C. The van der Waals surface area contributed by atoms with Gasteiger partial charge >= 0.3 is 0 Å². The standard InChI is InChI=1S/C14H28O3/c1-13(2,3)12(15)8-7-9-16-10-11-17-14(4,5)6/h7-11H2,1-6H3. The normalized spacial score (nSPS) is 12.8. The molecule has 0 unspecified atom stereocenters. The summed E-state index contributed by atoms with van der Waals surface area (Å²) in [5, 5.41) is 0. The highest BCUT2D eigenvalue weighted by Crippen LogP contribution is 2.17. The van der Waals surface area contributed by atoms with Gasteiger partial charge in [-0.3, -0.25) is 4.79 Å². The predicted molar refractivity (Wildman–Crippen MR) is 70.2 cm³/mol. The van der Waals surface area contributed by atoms with Gasteiger partial charge in [0.25, 0.3) is 0 Å². The monoisotopic (exact) mass is 244 g/mol. The highest BCUT2D eigenvalue weighted by molar-refractivity contribution is 5.83. The number of hydrogen-bond donors (Lipinski definition) is 0. The second-order valence-electron chi connectivity index (χ2n) is 6.35. The molecule has 0 bridgehead atoms. The van der Waals surface area contributed by atoms with E-state index in [4.69, 9.17) is 9.47 Å². The third-order valence-corrected chi connectivity index (χ3v) is 2.29. The van der Waals surface area contributed by atoms with Crippen molar-refractivity contribution >= 4 is 5.78 Å². The van der Waals surface area contributed by atoms with Crippen LogP contribution in [-0.2, 0) is 14.3 Å². The quantitative estimate of drug-likeness (QED) is 0.645. The van der Waals surface area contributed by atoms with Gasteiger partial charge in [-0.2, -0.15) is 0 Å². The van der Waals surface area contributed by atoms with Gasteiger partial charge in [0, 0.05) is 18.4 Å². The molecule has 0 rings (SSSR count). The maximum Gasteiger partial charge on any atom is 0.138 e. The summed E-state index contributed by atoms with van der Waals surface area (Å²) in [6.45, 7) is 13.8. The van der Waals surface area contributed by atoms with Gasteiger partial charge in [0.1, 0.15) is 5.78 Å². The van der Waals surface area contributed by atoms with Crippen LogP contribution in [0.15, 0.2) is 0 Å². The Bertz CT molecular complexity index is 221. The first-order valence-electron chi connectivity index (χ1n) is 6.38. The lowest BCUT2D eigenvalue weighted by Crippen LogP contribution is -2.22. The number of ketones is 1. The highest BCUT2D eigenvalue weighted by atomic mass is 16.5. The van der Waals surface area contributed by atoms with Crippen molar-refractivity contribution in [2.75, 3.05) is 19.8 Å². The molecule has 102 valence electrons. The molecule has 3 nitrogen and oxygen atoms in total. The van der Waals surface area contributed by atoms with Crippen LogP contribution in [-0.4, -0.2) is 31.2 Å². The Morgan fingerprint density at radius 1 is 0.941 bits per heavy atom. The van der Waals surface area contributed by atoms with Crippen LogP contribution in [0.25, 0.3) is 0 Å². The number of rotatable bonds is 7. The Morgan fingerprint density at radius 3 is 2.00 bits per heavy atom. The van der Waals surface area contributed by atoms with Gasteiger partial charge in [-0.25, -0.2) is 0 Å². The van der Waals surface area contributed by atoms with Gasteiger partial charge in [-0.15, -0.1) is 0 Å². The van der Waals surface area contributed by atoms with Gasteiger partial charge in [0.15, 0.2) is 0 Å². The number of carbonyl (C=O) groups excluding carboxylic acids is 1. The van der Waals surface area contributed by atoms with Crippen molar-refractivity contribution in [1.82, 2.24) is 0 Å². The van der Waals surface area contributed by atoms with Crippen LogP contribution in [0.3, 0.4) is 0 Å². The van der Waals surface area contributed by atoms with E-state index in [2.05, 4.69) is 0 Å². The molecule has 3 heteroatoms. The summed E-state index contributed by atoms with van der Waals surface area (Å²) in [5.74, 6) is 0.298. The Balaban J connectivity index is 3.39. The first-order valence-corrected chi connectivity index (χ1v) is 6.38. The second kappa shape index (κ2) is 7.12. The van der Waals surface area contributed by atoms with Crippen molar-refractivity contribution in [3.8, 4) is 0 Å². The largest absolute Gasteiger partial charge is 0.379 e. The van der Waals surface area contributed by atoms with Gasteiger partial charge in [0.2, 0.25) is 0 Å². The molecule has 0 fully saturated rings. The lowest BCUT2D eigenvalue weighted by Gasteiger charge is -2.19. The van der Waals surface area contributed by atoms with E-state index in [1.807, 2.05) is 41.5 Å². The minimum Gasteiger partial charge on any atom is -0.379 e. The van der Waals surface area contributed by atoms with E-state index in [1.165, 1.54) is 0 Å². The summed E-state index contributed by atoms with van der Waals surface area (Å²) in [4.78, 5) is 11.6. The predicted octanol–water partition coefficient (Wildman–Crippen LogP) is 3.21. The summed E-state index contributed by atoms with van der Waals surface area (Å²) >= 11 is 0. The van der Waals surface area contributed by atoms with E-state index < -0.39 is 0 Å². The molecule has 0 saturated heterocycles. The van der Waals surface area contributed by atoms with E-state index >= 15 is 0 Å². The molecule has 0 aliphatic rings. The molecule has 0 aromatic carbocycles. The number of carbonyl (C=O) groups is 1. The van der Waals surface area contributed by atoms with E-state index in [1.54, 1.807) is 0 Å². The zero-order valence-electron chi connectivity index (χ0n) is 12.3. The molecule has 0 N–H and O–H groups in total. The Kier molecular flexibility index (Phi) is 6.95. The Morgan fingerprint density at radius 2 is 1.53 bits per heavy atom. The van der Waals surface area contributed by atoms with Crippen LogP contribution in [0.4, 0.5) is 0 Å². The summed E-state index contributed by atoms with van der Waals surface area (Å²) in [5.41, 5.74) is -0.332. The molecule has 0 amide bonds. The first-order chi connectivity index (χ1) is 7.63. The third kappa shape index (κ3) is 10.5. The number of hydrogen-bond acceptors (Lipinski definition) is 3. The molecule has 0 spiro atoms. The molecule has 0 aromatic heterocycles. The molecule has 0 radical (unpaired) electrons. The highest BCUT2D eigenvalue weighted by Gasteiger charge is 2.19. The van der Waals surface area contributed by atoms with Crippen molar-refractivity contribution in [1.29, 1.82) is 0 Å². The van der Waals surface area contributed by atoms with Crippen molar-refractivity contribution in [2.24, 2.45) is 5.41 Å². The fourth-order valence-corrected chi connectivity index (χ4v) is 1.22. The van der Waals surface area contributed by atoms with Crippen LogP contribution in [0.5, 0.6) is 0 Å². The molecule has 0 aliphatic carbocycles. The average molecular weight is 244 g/mol. The molecule has 0 atom stereocenters. The zero-order chi connectivity index (χ0) is 13.5. The van der Waals surface area contributed by atoms with E-state index in [0.717, 1.165) is 6.42 Å². The van der Waals surface area contributed by atoms with Crippen molar-refractivity contribution in [2.45, 2.75) is 60.0 Å². The van der Waals surface area contributed by atoms with Gasteiger partial charge in [-0.05, 0) is 27.2 Å². The van der Waals surface area contributed by atoms with E-state index in [0.29, 0.717) is 32.0 Å². The Hall–Kier alpha value is -0.410. The summed E-state index contributed by atoms with van der Waals surface area (Å²) in [7, 11) is 0. The van der Waals surface area contributed by atoms with Crippen LogP contribution >= 0.6 is 0 Å². The van der Waals surface area contributed by atoms with Crippen LogP contribution in [0, 0.1) is 5.41 Å². The smallest absolute Gasteiger partial charge is 0.138 e. The van der Waals surface area contributed by atoms with Gasteiger partial charge in [-0.1, -0.05) is 20.8 Å². The summed E-state index contributed by atoms with van der Waals surface area (Å²) in [6, 6.07) is 0. The second-order valence-corrected chi connectivity index (χ2v) is 6.35. The topological polar surface area (TPSA) is 35.5 Å². The molecular weight excluding hydrogens is 216 g/mol. The minimum atomic E-state index is -0.227. The minimum absolute atomic E-state index is 0.106. The molecule has 0 heterocycles. The lowest BCUT2D eigenvalue weighted by atomic mass is 9.88. The number of Topliss-reactive ketones (excluding diaryl/α,β-unsaturated/α-hetero) is 1. The van der Waals surface area contributed by atoms with Crippen molar-refractivity contribution in [3.63, 3.8) is 0 Å². The zero-order valence-corrected chi connectivity index (χ0v) is 12.3. The average Bonchev–Trinajstić information content (AvgIpc) is 2.12. The van der Waals surface area contributed by atoms with Crippen LogP contribution < -0.4 is 0 Å². The summed E-state index contributed by atoms with van der Waals surface area (Å²) < 4.78 is 10.9. The fourth-order valence-electron chi connectivity index (χ4n) is 1.22. The Labute approximate surface area is 106 Å². The van der Waals surface area contributed by atoms with E-state index in [9.17, 15) is 4.79 Å². The van der Waals surface area contributed by atoms with Crippen LogP contribution in [0.1, 0.15) is 54.4 Å². The maximum absolute atomic E-state index is 11.6. The van der Waals surface area contributed by atoms with E-state index in [-0.39, 0.29) is 11.0 Å². The first kappa shape index (κ1) is 16.6. The molecular formula is C14H28O3. The van der Waals surface area contributed by atoms with Gasteiger partial charge in [0.05, 0.1) is 18.8 Å². The lowest BCUT2D eigenvalue weighted by molar-refractivity contribution is -0.126. The van der Waals surface area contributed by atoms with Gasteiger partial charge < -0.3 is 9.47 Å². The molecule has 17 heavy (non-hydrogen) atoms. The number of ether oxygens (including phenoxy) is 2. The molecule has 0 aliphatic heterocycles. The summed E-state index contributed by atoms with van der Waals surface area (Å²) in [6.07, 6.45) is 1.40. The molecule has 0 saturated carbocycles. The third-order valence-electron chi connectivity index (χ3n) is 2.29. The van der Waals surface area contributed by atoms with Crippen LogP contribution in [0.2, 0.25) is 0 Å². The van der Waals surface area contributed by atoms with Crippen molar-refractivity contribution < 1.29 is 14.3 Å². The van der Waals surface area contributed by atoms with Crippen molar-refractivity contribution in [3.05, 3.63) is 0 Å². The molecule has 0 aromatic rings. The fraction of sp³-hybridized carbons (Fsp3) is 0.929. The maximum atomic E-state index is 11.6.